The van der Waals surface area contributed by atoms with E-state index in [1.807, 2.05) is 36.4 Å². The highest BCUT2D eigenvalue weighted by Crippen LogP contribution is 2.22. The molecule has 0 spiro atoms. The minimum atomic E-state index is 0.873. The summed E-state index contributed by atoms with van der Waals surface area (Å²) in [6, 6.07) is 20.4. The number of rotatable bonds is 5. The van der Waals surface area contributed by atoms with Crippen LogP contribution in [0.15, 0.2) is 89.1 Å². The van der Waals surface area contributed by atoms with Crippen LogP contribution in [-0.2, 0) is 0 Å². The van der Waals surface area contributed by atoms with Crippen LogP contribution in [0, 0.1) is 0 Å². The van der Waals surface area contributed by atoms with Crippen LogP contribution in [0.5, 0.6) is 0 Å². The minimum Gasteiger partial charge on any atom is -0.278 e. The number of nitrogens with one attached hydrogen (secondary N) is 1. The molecule has 0 heterocycles. The number of hydrogen-bond donors (Lipinski definition) is 1. The molecule has 0 aromatic heterocycles. The van der Waals surface area contributed by atoms with Gasteiger partial charge in [-0.05, 0) is 31.0 Å². The van der Waals surface area contributed by atoms with E-state index in [0.717, 1.165) is 29.8 Å². The van der Waals surface area contributed by atoms with Crippen molar-refractivity contribution in [3.05, 3.63) is 89.5 Å². The molecule has 0 amide bonds. The van der Waals surface area contributed by atoms with Crippen molar-refractivity contribution >= 4 is 11.4 Å². The second-order valence-electron chi connectivity index (χ2n) is 5.53. The summed E-state index contributed by atoms with van der Waals surface area (Å²) in [6.07, 6.45) is 6.43. The second kappa shape index (κ2) is 6.90. The van der Waals surface area contributed by atoms with Gasteiger partial charge in [-0.25, -0.2) is 0 Å². The minimum absolute atomic E-state index is 0.873. The molecule has 0 radical (unpaired) electrons. The molecule has 0 fully saturated rings. The maximum Gasteiger partial charge on any atom is 0.0719 e. The van der Waals surface area contributed by atoms with Gasteiger partial charge in [0.05, 0.1) is 11.4 Å². The van der Waals surface area contributed by atoms with Gasteiger partial charge in [0, 0.05) is 6.42 Å². The lowest BCUT2D eigenvalue weighted by molar-refractivity contribution is 1.15. The summed E-state index contributed by atoms with van der Waals surface area (Å²) in [7, 11) is 0. The molecule has 0 saturated heterocycles. The molecule has 2 heteroatoms. The quantitative estimate of drug-likeness (QED) is 0.595. The topological polar surface area (TPSA) is 24.4 Å². The van der Waals surface area contributed by atoms with E-state index in [2.05, 4.69) is 53.9 Å². The van der Waals surface area contributed by atoms with Crippen LogP contribution in [0.2, 0.25) is 0 Å². The normalized spacial score (nSPS) is 14.5. The summed E-state index contributed by atoms with van der Waals surface area (Å²) in [4.78, 5) is 0. The van der Waals surface area contributed by atoms with Crippen LogP contribution >= 0.6 is 0 Å². The molecular formula is C20H20N2. The fourth-order valence-electron chi connectivity index (χ4n) is 2.55. The molecule has 1 N–H and O–H groups in total. The Balaban J connectivity index is 1.81. The molecule has 2 nitrogen and oxygen atoms in total. The molecule has 22 heavy (non-hydrogen) atoms. The van der Waals surface area contributed by atoms with E-state index >= 15 is 0 Å². The number of anilines is 1. The Morgan fingerprint density at radius 2 is 1.68 bits per heavy atom. The van der Waals surface area contributed by atoms with Gasteiger partial charge in [-0.2, -0.15) is 5.10 Å². The van der Waals surface area contributed by atoms with Crippen molar-refractivity contribution in [1.82, 2.24) is 0 Å². The molecule has 1 aliphatic rings. The molecule has 0 atom stereocenters. The first-order valence-corrected chi connectivity index (χ1v) is 7.60. The molecule has 1 aliphatic carbocycles. The third-order valence-electron chi connectivity index (χ3n) is 3.71. The average Bonchev–Trinajstić information content (AvgIpc) is 2.98. The van der Waals surface area contributed by atoms with Crippen LogP contribution in [0.4, 0.5) is 5.69 Å². The lowest BCUT2D eigenvalue weighted by Crippen LogP contribution is -2.05. The molecule has 3 rings (SSSR count). The number of allylic oxidation sites excluding steroid dienone is 4. The maximum atomic E-state index is 4.66. The van der Waals surface area contributed by atoms with Crippen LogP contribution in [0.3, 0.4) is 0 Å². The largest absolute Gasteiger partial charge is 0.278 e. The van der Waals surface area contributed by atoms with E-state index in [-0.39, 0.29) is 0 Å². The van der Waals surface area contributed by atoms with Crippen LogP contribution in [0.1, 0.15) is 25.3 Å². The number of hydrazone groups is 1. The second-order valence-corrected chi connectivity index (χ2v) is 5.53. The predicted molar refractivity (Wildman–Crippen MR) is 94.1 cm³/mol. The number of hydrogen-bond acceptors (Lipinski definition) is 2. The first-order chi connectivity index (χ1) is 10.8. The van der Waals surface area contributed by atoms with Gasteiger partial charge in [-0.1, -0.05) is 71.8 Å². The summed E-state index contributed by atoms with van der Waals surface area (Å²) in [6.45, 7) is 2.15. The molecule has 0 unspecified atom stereocenters. The van der Waals surface area contributed by atoms with Crippen molar-refractivity contribution in [3.8, 4) is 0 Å². The number of benzene rings is 2. The van der Waals surface area contributed by atoms with Gasteiger partial charge < -0.3 is 0 Å². The highest BCUT2D eigenvalue weighted by molar-refractivity contribution is 6.02. The standard InChI is InChI=1S/C20H20N2/c1-16-12-13-17(14-16)15-20(18-8-4-2-5-9-18)22-21-19-10-6-3-7-11-19/h2-12,14,21H,13,15H2,1H3. The van der Waals surface area contributed by atoms with Gasteiger partial charge in [0.1, 0.15) is 0 Å². The van der Waals surface area contributed by atoms with Crippen molar-refractivity contribution in [2.75, 3.05) is 5.43 Å². The molecule has 0 bridgehead atoms. The summed E-state index contributed by atoms with van der Waals surface area (Å²) in [5.74, 6) is 0. The van der Waals surface area contributed by atoms with Crippen LogP contribution in [0.25, 0.3) is 0 Å². The van der Waals surface area contributed by atoms with Crippen LogP contribution in [-0.4, -0.2) is 5.71 Å². The van der Waals surface area contributed by atoms with Crippen LogP contribution < -0.4 is 5.43 Å². The van der Waals surface area contributed by atoms with Crippen molar-refractivity contribution < 1.29 is 0 Å². The van der Waals surface area contributed by atoms with Crippen molar-refractivity contribution in [2.45, 2.75) is 19.8 Å². The zero-order valence-electron chi connectivity index (χ0n) is 12.8. The molecule has 0 saturated carbocycles. The van der Waals surface area contributed by atoms with E-state index in [4.69, 9.17) is 0 Å². The first-order valence-electron chi connectivity index (χ1n) is 7.60. The summed E-state index contributed by atoms with van der Waals surface area (Å²) in [5.41, 5.74) is 9.17. The fraction of sp³-hybridized carbons (Fsp3) is 0.150. The molecule has 110 valence electrons. The van der Waals surface area contributed by atoms with E-state index < -0.39 is 0 Å². The highest BCUT2D eigenvalue weighted by Gasteiger charge is 2.10. The maximum absolute atomic E-state index is 4.66. The predicted octanol–water partition coefficient (Wildman–Crippen LogP) is 5.17. The Kier molecular flexibility index (Phi) is 4.50. The van der Waals surface area contributed by atoms with E-state index in [0.29, 0.717) is 0 Å². The van der Waals surface area contributed by atoms with Gasteiger partial charge in [-0.3, -0.25) is 5.43 Å². The van der Waals surface area contributed by atoms with Crippen molar-refractivity contribution in [3.63, 3.8) is 0 Å². The van der Waals surface area contributed by atoms with Gasteiger partial charge in [0.2, 0.25) is 0 Å². The summed E-state index contributed by atoms with van der Waals surface area (Å²) in [5, 5.41) is 4.66. The van der Waals surface area contributed by atoms with Gasteiger partial charge in [0.25, 0.3) is 0 Å². The van der Waals surface area contributed by atoms with Gasteiger partial charge >= 0.3 is 0 Å². The molecule has 2 aromatic rings. The van der Waals surface area contributed by atoms with Gasteiger partial charge in [0.15, 0.2) is 0 Å². The average molecular weight is 288 g/mol. The third kappa shape index (κ3) is 3.73. The smallest absolute Gasteiger partial charge is 0.0719 e. The van der Waals surface area contributed by atoms with Gasteiger partial charge in [-0.15, -0.1) is 0 Å². The Morgan fingerprint density at radius 1 is 1.00 bits per heavy atom. The molecule has 0 aliphatic heterocycles. The zero-order chi connectivity index (χ0) is 15.2. The van der Waals surface area contributed by atoms with E-state index in [9.17, 15) is 0 Å². The number of para-hydroxylation sites is 1. The lowest BCUT2D eigenvalue weighted by Gasteiger charge is -2.09. The molecule has 2 aromatic carbocycles. The first kappa shape index (κ1) is 14.3. The summed E-state index contributed by atoms with van der Waals surface area (Å²) >= 11 is 0. The summed E-state index contributed by atoms with van der Waals surface area (Å²) < 4.78 is 0. The highest BCUT2D eigenvalue weighted by atomic mass is 15.3. The fourth-order valence-corrected chi connectivity index (χ4v) is 2.55. The lowest BCUT2D eigenvalue weighted by atomic mass is 10.0. The van der Waals surface area contributed by atoms with E-state index in [1.165, 1.54) is 11.1 Å². The Labute approximate surface area is 131 Å². The van der Waals surface area contributed by atoms with Crippen molar-refractivity contribution in [2.24, 2.45) is 5.10 Å². The SMILES string of the molecule is CC1=CCC(CC(=NNc2ccccc2)c2ccccc2)=C1. The Hall–Kier alpha value is -2.61. The third-order valence-corrected chi connectivity index (χ3v) is 3.71. The monoisotopic (exact) mass is 288 g/mol. The Bertz CT molecular complexity index is 710. The number of nitrogens with zero attached hydrogens (tertiary/aromatic N) is 1. The molecular weight excluding hydrogens is 268 g/mol. The van der Waals surface area contributed by atoms with E-state index in [1.54, 1.807) is 0 Å². The Morgan fingerprint density at radius 3 is 2.32 bits per heavy atom. The zero-order valence-corrected chi connectivity index (χ0v) is 12.8. The van der Waals surface area contributed by atoms with Crippen molar-refractivity contribution in [1.29, 1.82) is 0 Å².